The lowest BCUT2D eigenvalue weighted by Crippen LogP contribution is -2.45. The van der Waals surface area contributed by atoms with E-state index in [9.17, 15) is 14.7 Å². The predicted molar refractivity (Wildman–Crippen MR) is 95.1 cm³/mol. The van der Waals surface area contributed by atoms with Crippen LogP contribution in [0.1, 0.15) is 25.3 Å². The molecule has 0 bridgehead atoms. The number of aliphatic hydroxyl groups is 1. The number of esters is 1. The summed E-state index contributed by atoms with van der Waals surface area (Å²) in [7, 11) is 0. The minimum absolute atomic E-state index is 0.102. The lowest BCUT2D eigenvalue weighted by Gasteiger charge is -2.28. The van der Waals surface area contributed by atoms with Crippen LogP contribution in [0, 0.1) is 29.1 Å². The summed E-state index contributed by atoms with van der Waals surface area (Å²) in [6.45, 7) is 2.24. The number of hydrogen-bond acceptors (Lipinski definition) is 6. The van der Waals surface area contributed by atoms with Crippen LogP contribution in [0.2, 0.25) is 0 Å². The van der Waals surface area contributed by atoms with E-state index in [1.165, 1.54) is 4.90 Å². The highest BCUT2D eigenvalue weighted by atomic mass is 16.6. The second kappa shape index (κ2) is 8.40. The molecular formula is C20H24N2O5. The molecule has 2 aliphatic rings. The highest BCUT2D eigenvalue weighted by Gasteiger charge is 2.57. The molecule has 0 radical (unpaired) electrons. The van der Waals surface area contributed by atoms with Crippen molar-refractivity contribution in [3.05, 3.63) is 35.9 Å². The van der Waals surface area contributed by atoms with Gasteiger partial charge in [-0.25, -0.2) is 9.59 Å². The molecule has 1 saturated heterocycles. The molecule has 2 fully saturated rings. The third-order valence-electron chi connectivity index (χ3n) is 5.51. The molecule has 7 heteroatoms. The number of carbonyl (C=O) groups is 2. The zero-order valence-electron chi connectivity index (χ0n) is 15.3. The Morgan fingerprint density at radius 1 is 1.30 bits per heavy atom. The van der Waals surface area contributed by atoms with E-state index in [0.717, 1.165) is 5.56 Å². The lowest BCUT2D eigenvalue weighted by molar-refractivity contribution is -0.149. The molecule has 1 aliphatic carbocycles. The quantitative estimate of drug-likeness (QED) is 0.795. The molecular weight excluding hydrogens is 348 g/mol. The highest BCUT2D eigenvalue weighted by molar-refractivity contribution is 5.83. The number of nitriles is 1. The summed E-state index contributed by atoms with van der Waals surface area (Å²) in [6, 6.07) is 10.6. The standard InChI is InChI=1S/C20H24N2O5/c1-2-26-19(24)18-17-14(8-9-21)10-16(23)15(17)11-22(18)20(25)27-12-13-6-4-3-5-7-13/h3-7,14-18,23H,2,8,10-12H2,1H3. The van der Waals surface area contributed by atoms with E-state index < -0.39 is 24.2 Å². The number of ether oxygens (including phenoxy) is 2. The monoisotopic (exact) mass is 372 g/mol. The van der Waals surface area contributed by atoms with Crippen LogP contribution < -0.4 is 0 Å². The molecule has 0 spiro atoms. The van der Waals surface area contributed by atoms with Crippen molar-refractivity contribution in [2.75, 3.05) is 13.2 Å². The number of benzene rings is 1. The van der Waals surface area contributed by atoms with Gasteiger partial charge in [0.05, 0.1) is 18.8 Å². The second-order valence-corrected chi connectivity index (χ2v) is 7.06. The van der Waals surface area contributed by atoms with Crippen molar-refractivity contribution in [1.82, 2.24) is 4.90 Å². The first-order valence-electron chi connectivity index (χ1n) is 9.25. The number of nitrogens with zero attached hydrogens (tertiary/aromatic N) is 2. The molecule has 27 heavy (non-hydrogen) atoms. The average molecular weight is 372 g/mol. The Kier molecular flexibility index (Phi) is 5.97. The fourth-order valence-electron chi connectivity index (χ4n) is 4.37. The maximum Gasteiger partial charge on any atom is 0.410 e. The predicted octanol–water partition coefficient (Wildman–Crippen LogP) is 2.10. The van der Waals surface area contributed by atoms with Crippen LogP contribution in [0.3, 0.4) is 0 Å². The zero-order valence-corrected chi connectivity index (χ0v) is 15.3. The molecule has 1 N–H and O–H groups in total. The Bertz CT molecular complexity index is 717. The van der Waals surface area contributed by atoms with E-state index in [1.807, 2.05) is 30.3 Å². The van der Waals surface area contributed by atoms with E-state index in [4.69, 9.17) is 14.7 Å². The number of amides is 1. The fraction of sp³-hybridized carbons (Fsp3) is 0.550. The maximum absolute atomic E-state index is 12.7. The molecule has 1 aliphatic heterocycles. The topological polar surface area (TPSA) is 99.9 Å². The van der Waals surface area contributed by atoms with Gasteiger partial charge in [-0.2, -0.15) is 5.26 Å². The molecule has 7 nitrogen and oxygen atoms in total. The van der Waals surface area contributed by atoms with Crippen molar-refractivity contribution >= 4 is 12.1 Å². The number of aliphatic hydroxyl groups excluding tert-OH is 1. The number of likely N-dealkylation sites (tertiary alicyclic amines) is 1. The first-order chi connectivity index (χ1) is 13.1. The Morgan fingerprint density at radius 2 is 2.04 bits per heavy atom. The van der Waals surface area contributed by atoms with Crippen LogP contribution in [-0.4, -0.2) is 47.4 Å². The summed E-state index contributed by atoms with van der Waals surface area (Å²) in [6.07, 6.45) is -0.543. The van der Waals surface area contributed by atoms with Crippen molar-refractivity contribution in [3.8, 4) is 6.07 Å². The van der Waals surface area contributed by atoms with Crippen LogP contribution >= 0.6 is 0 Å². The Hall–Kier alpha value is -2.59. The van der Waals surface area contributed by atoms with Crippen molar-refractivity contribution in [2.24, 2.45) is 17.8 Å². The first kappa shape index (κ1) is 19.2. The van der Waals surface area contributed by atoms with Gasteiger partial charge in [-0.3, -0.25) is 4.90 Å². The number of fused-ring (bicyclic) bond motifs is 1. The van der Waals surface area contributed by atoms with Crippen LogP contribution in [0.15, 0.2) is 30.3 Å². The minimum atomic E-state index is -0.825. The van der Waals surface area contributed by atoms with Crippen LogP contribution in [-0.2, 0) is 20.9 Å². The third-order valence-corrected chi connectivity index (χ3v) is 5.51. The van der Waals surface area contributed by atoms with Crippen LogP contribution in [0.25, 0.3) is 0 Å². The zero-order chi connectivity index (χ0) is 19.4. The number of rotatable bonds is 5. The first-order valence-corrected chi connectivity index (χ1v) is 9.25. The molecule has 5 atom stereocenters. The molecule has 1 saturated carbocycles. The van der Waals surface area contributed by atoms with Gasteiger partial charge in [0.15, 0.2) is 0 Å². The smallest absolute Gasteiger partial charge is 0.410 e. The van der Waals surface area contributed by atoms with Crippen LogP contribution in [0.5, 0.6) is 0 Å². The largest absolute Gasteiger partial charge is 0.464 e. The van der Waals surface area contributed by atoms with Gasteiger partial charge in [0.25, 0.3) is 0 Å². The fourth-order valence-corrected chi connectivity index (χ4v) is 4.37. The van der Waals surface area contributed by atoms with E-state index in [1.54, 1.807) is 6.92 Å². The molecule has 1 amide bonds. The average Bonchev–Trinajstić information content (AvgIpc) is 3.20. The molecule has 3 rings (SSSR count). The van der Waals surface area contributed by atoms with Gasteiger partial charge in [0.1, 0.15) is 12.6 Å². The summed E-state index contributed by atoms with van der Waals surface area (Å²) < 4.78 is 10.6. The SMILES string of the molecule is CCOC(=O)C1C2C(CC#N)CC(O)C2CN1C(=O)OCc1ccccc1. The summed E-state index contributed by atoms with van der Waals surface area (Å²) in [5, 5.41) is 19.5. The van der Waals surface area contributed by atoms with Crippen molar-refractivity contribution < 1.29 is 24.2 Å². The van der Waals surface area contributed by atoms with Gasteiger partial charge >= 0.3 is 12.1 Å². The van der Waals surface area contributed by atoms with E-state index in [2.05, 4.69) is 6.07 Å². The van der Waals surface area contributed by atoms with Crippen LogP contribution in [0.4, 0.5) is 4.79 Å². The molecule has 5 unspecified atom stereocenters. The summed E-state index contributed by atoms with van der Waals surface area (Å²) in [4.78, 5) is 26.7. The molecule has 1 aromatic rings. The Labute approximate surface area is 158 Å². The normalized spacial score (nSPS) is 29.1. The van der Waals surface area contributed by atoms with Gasteiger partial charge in [-0.15, -0.1) is 0 Å². The van der Waals surface area contributed by atoms with E-state index >= 15 is 0 Å². The van der Waals surface area contributed by atoms with E-state index in [0.29, 0.717) is 6.42 Å². The number of carbonyl (C=O) groups excluding carboxylic acids is 2. The summed E-state index contributed by atoms with van der Waals surface area (Å²) >= 11 is 0. The highest BCUT2D eigenvalue weighted by Crippen LogP contribution is 2.48. The molecule has 144 valence electrons. The Morgan fingerprint density at radius 3 is 2.70 bits per heavy atom. The lowest BCUT2D eigenvalue weighted by atomic mass is 9.85. The Balaban J connectivity index is 1.77. The molecule has 1 heterocycles. The van der Waals surface area contributed by atoms with Crippen molar-refractivity contribution in [2.45, 2.75) is 38.5 Å². The van der Waals surface area contributed by atoms with Gasteiger partial charge < -0.3 is 14.6 Å². The molecule has 0 aromatic heterocycles. The van der Waals surface area contributed by atoms with E-state index in [-0.39, 0.29) is 43.9 Å². The summed E-state index contributed by atoms with van der Waals surface area (Å²) in [5.74, 6) is -1.18. The summed E-state index contributed by atoms with van der Waals surface area (Å²) in [5.41, 5.74) is 0.848. The third kappa shape index (κ3) is 3.91. The minimum Gasteiger partial charge on any atom is -0.464 e. The second-order valence-electron chi connectivity index (χ2n) is 7.06. The van der Waals surface area contributed by atoms with Crippen molar-refractivity contribution in [3.63, 3.8) is 0 Å². The van der Waals surface area contributed by atoms with Gasteiger partial charge in [-0.1, -0.05) is 30.3 Å². The van der Waals surface area contributed by atoms with Gasteiger partial charge in [0, 0.05) is 24.8 Å². The van der Waals surface area contributed by atoms with Gasteiger partial charge in [0.2, 0.25) is 0 Å². The molecule has 1 aromatic carbocycles. The van der Waals surface area contributed by atoms with Crippen molar-refractivity contribution in [1.29, 1.82) is 5.26 Å². The van der Waals surface area contributed by atoms with Gasteiger partial charge in [-0.05, 0) is 24.8 Å². The number of hydrogen-bond donors (Lipinski definition) is 1. The maximum atomic E-state index is 12.7.